The number of aromatic nitrogens is 2. The van der Waals surface area contributed by atoms with Gasteiger partial charge in [0.25, 0.3) is 5.56 Å². The van der Waals surface area contributed by atoms with E-state index in [2.05, 4.69) is 39.4 Å². The van der Waals surface area contributed by atoms with Gasteiger partial charge in [-0.25, -0.2) is 4.79 Å². The first-order valence-corrected chi connectivity index (χ1v) is 12.3. The average Bonchev–Trinajstić information content (AvgIpc) is 2.88. The Labute approximate surface area is 200 Å². The van der Waals surface area contributed by atoms with Crippen LogP contribution in [0.4, 0.5) is 11.5 Å². The van der Waals surface area contributed by atoms with Gasteiger partial charge in [-0.05, 0) is 37.9 Å². The number of piperidine rings is 1. The van der Waals surface area contributed by atoms with Crippen molar-refractivity contribution in [2.24, 2.45) is 20.0 Å². The fraction of sp³-hybridized carbons (Fsp3) is 0.560. The predicted octanol–water partition coefficient (Wildman–Crippen LogP) is 0.629. The average molecular weight is 469 g/mol. The first-order chi connectivity index (χ1) is 16.4. The van der Waals surface area contributed by atoms with Crippen LogP contribution >= 0.6 is 0 Å². The van der Waals surface area contributed by atoms with E-state index < -0.39 is 0 Å². The van der Waals surface area contributed by atoms with Crippen LogP contribution in [-0.2, 0) is 18.9 Å². The number of hydrogen-bond donors (Lipinski definition) is 1. The summed E-state index contributed by atoms with van der Waals surface area (Å²) in [6.07, 6.45) is 2.60. The summed E-state index contributed by atoms with van der Waals surface area (Å²) < 4.78 is 2.58. The van der Waals surface area contributed by atoms with E-state index in [0.717, 1.165) is 63.1 Å². The molecule has 1 aromatic carbocycles. The molecule has 3 heterocycles. The summed E-state index contributed by atoms with van der Waals surface area (Å²) in [5, 5.41) is 3.11. The Kier molecular flexibility index (Phi) is 7.72. The quantitative estimate of drug-likeness (QED) is 0.601. The zero-order valence-electron chi connectivity index (χ0n) is 20.3. The van der Waals surface area contributed by atoms with E-state index in [4.69, 9.17) is 0 Å². The summed E-state index contributed by atoms with van der Waals surface area (Å²) in [7, 11) is 3.14. The summed E-state index contributed by atoms with van der Waals surface area (Å²) in [6, 6.07) is 12.0. The van der Waals surface area contributed by atoms with Gasteiger partial charge in [-0.15, -0.1) is 0 Å². The van der Waals surface area contributed by atoms with Crippen molar-refractivity contribution in [3.05, 3.63) is 57.2 Å². The number of anilines is 2. The lowest BCUT2D eigenvalue weighted by Gasteiger charge is -2.36. The fourth-order valence-electron chi connectivity index (χ4n) is 4.95. The SMILES string of the molecule is Cn1c(N2CCCC(C(=O)NCCCN3CCN(c4ccccc4)CC3)C2)cc(=O)n(C)c1=O. The van der Waals surface area contributed by atoms with Gasteiger partial charge in [0.05, 0.1) is 5.92 Å². The molecule has 0 bridgehead atoms. The van der Waals surface area contributed by atoms with Crippen molar-refractivity contribution >= 4 is 17.4 Å². The summed E-state index contributed by atoms with van der Waals surface area (Å²) in [6.45, 7) is 7.03. The highest BCUT2D eigenvalue weighted by molar-refractivity contribution is 5.79. The molecule has 1 unspecified atom stereocenters. The molecule has 2 aliphatic heterocycles. The molecule has 2 saturated heterocycles. The second-order valence-corrected chi connectivity index (χ2v) is 9.34. The Hall–Kier alpha value is -3.07. The van der Waals surface area contributed by atoms with Crippen LogP contribution in [0.3, 0.4) is 0 Å². The largest absolute Gasteiger partial charge is 0.369 e. The van der Waals surface area contributed by atoms with Gasteiger partial charge in [0.15, 0.2) is 0 Å². The topological polar surface area (TPSA) is 82.8 Å². The van der Waals surface area contributed by atoms with E-state index in [1.807, 2.05) is 11.0 Å². The maximum Gasteiger partial charge on any atom is 0.332 e. The summed E-state index contributed by atoms with van der Waals surface area (Å²) in [5.74, 6) is 0.509. The minimum atomic E-state index is -0.348. The molecule has 2 fully saturated rings. The monoisotopic (exact) mass is 468 g/mol. The van der Waals surface area contributed by atoms with Crippen LogP contribution in [0.25, 0.3) is 0 Å². The van der Waals surface area contributed by atoms with Crippen molar-refractivity contribution < 1.29 is 4.79 Å². The summed E-state index contributed by atoms with van der Waals surface area (Å²) in [5.41, 5.74) is 0.611. The van der Waals surface area contributed by atoms with Gasteiger partial charge < -0.3 is 15.1 Å². The molecular formula is C25H36N6O3. The molecule has 0 radical (unpaired) electrons. The fourth-order valence-corrected chi connectivity index (χ4v) is 4.95. The zero-order chi connectivity index (χ0) is 24.1. The normalized spacial score (nSPS) is 19.3. The Morgan fingerprint density at radius 2 is 1.71 bits per heavy atom. The first-order valence-electron chi connectivity index (χ1n) is 12.3. The van der Waals surface area contributed by atoms with Crippen LogP contribution in [-0.4, -0.2) is 72.3 Å². The predicted molar refractivity (Wildman–Crippen MR) is 135 cm³/mol. The van der Waals surface area contributed by atoms with E-state index >= 15 is 0 Å². The number of benzene rings is 1. The van der Waals surface area contributed by atoms with Crippen molar-refractivity contribution in [1.82, 2.24) is 19.4 Å². The second-order valence-electron chi connectivity index (χ2n) is 9.34. The first kappa shape index (κ1) is 24.1. The molecule has 2 aromatic rings. The maximum atomic E-state index is 12.8. The number of rotatable bonds is 7. The van der Waals surface area contributed by atoms with Crippen LogP contribution in [0.5, 0.6) is 0 Å². The van der Waals surface area contributed by atoms with Gasteiger partial charge >= 0.3 is 5.69 Å². The highest BCUT2D eigenvalue weighted by Gasteiger charge is 2.27. The van der Waals surface area contributed by atoms with Gasteiger partial charge in [0, 0.05) is 71.7 Å². The number of amides is 1. The van der Waals surface area contributed by atoms with Gasteiger partial charge in [0.1, 0.15) is 5.82 Å². The third kappa shape index (κ3) is 5.52. The van der Waals surface area contributed by atoms with E-state index in [1.165, 1.54) is 23.4 Å². The van der Waals surface area contributed by atoms with Crippen LogP contribution in [0.1, 0.15) is 19.3 Å². The number of carbonyl (C=O) groups is 1. The standard InChI is InChI=1S/C25H36N6O3/c1-27-22(18-23(32)28(2)25(27)34)31-13-6-8-20(19-31)24(33)26-11-7-12-29-14-16-30(17-15-29)21-9-4-3-5-10-21/h3-5,9-10,18,20H,6-8,11-17,19H2,1-2H3,(H,26,33). The molecule has 1 aromatic heterocycles. The Morgan fingerprint density at radius 3 is 2.44 bits per heavy atom. The molecule has 0 aliphatic carbocycles. The maximum absolute atomic E-state index is 12.8. The Morgan fingerprint density at radius 1 is 0.971 bits per heavy atom. The molecule has 184 valence electrons. The van der Waals surface area contributed by atoms with Crippen LogP contribution in [0.15, 0.2) is 46.0 Å². The summed E-state index contributed by atoms with van der Waals surface area (Å²) in [4.78, 5) is 44.1. The van der Waals surface area contributed by atoms with E-state index in [9.17, 15) is 14.4 Å². The zero-order valence-corrected chi connectivity index (χ0v) is 20.3. The van der Waals surface area contributed by atoms with Gasteiger partial charge in [0.2, 0.25) is 5.91 Å². The van der Waals surface area contributed by atoms with Crippen LogP contribution < -0.4 is 26.4 Å². The molecule has 1 atom stereocenters. The Bertz CT molecular complexity index is 1090. The van der Waals surface area contributed by atoms with Crippen molar-refractivity contribution in [3.8, 4) is 0 Å². The molecule has 9 nitrogen and oxygen atoms in total. The summed E-state index contributed by atoms with van der Waals surface area (Å²) >= 11 is 0. The molecule has 34 heavy (non-hydrogen) atoms. The molecule has 9 heteroatoms. The number of carbonyl (C=O) groups excluding carboxylic acids is 1. The third-order valence-electron chi connectivity index (χ3n) is 7.06. The lowest BCUT2D eigenvalue weighted by molar-refractivity contribution is -0.125. The van der Waals surface area contributed by atoms with Gasteiger partial charge in [-0.2, -0.15) is 0 Å². The van der Waals surface area contributed by atoms with Gasteiger partial charge in [-0.1, -0.05) is 18.2 Å². The molecule has 0 saturated carbocycles. The number of para-hydroxylation sites is 1. The highest BCUT2D eigenvalue weighted by Crippen LogP contribution is 2.21. The molecular weight excluding hydrogens is 432 g/mol. The lowest BCUT2D eigenvalue weighted by Crippen LogP contribution is -2.48. The molecule has 2 aliphatic rings. The minimum Gasteiger partial charge on any atom is -0.369 e. The second kappa shape index (κ2) is 10.9. The van der Waals surface area contributed by atoms with Crippen molar-refractivity contribution in [3.63, 3.8) is 0 Å². The molecule has 1 N–H and O–H groups in total. The highest BCUT2D eigenvalue weighted by atomic mass is 16.2. The Balaban J connectivity index is 1.20. The number of hydrogen-bond acceptors (Lipinski definition) is 6. The third-order valence-corrected chi connectivity index (χ3v) is 7.06. The molecule has 1 amide bonds. The van der Waals surface area contributed by atoms with Crippen molar-refractivity contribution in [2.75, 3.05) is 62.2 Å². The van der Waals surface area contributed by atoms with E-state index in [-0.39, 0.29) is 23.1 Å². The number of nitrogens with one attached hydrogen (secondary N) is 1. The lowest BCUT2D eigenvalue weighted by atomic mass is 9.97. The van der Waals surface area contributed by atoms with Gasteiger partial charge in [-0.3, -0.25) is 23.6 Å². The number of piperazine rings is 1. The van der Waals surface area contributed by atoms with Crippen LogP contribution in [0, 0.1) is 5.92 Å². The number of nitrogens with zero attached hydrogens (tertiary/aromatic N) is 5. The molecule has 0 spiro atoms. The van der Waals surface area contributed by atoms with Crippen molar-refractivity contribution in [2.45, 2.75) is 19.3 Å². The van der Waals surface area contributed by atoms with Crippen LogP contribution in [0.2, 0.25) is 0 Å². The molecule has 4 rings (SSSR count). The van der Waals surface area contributed by atoms with Crippen molar-refractivity contribution in [1.29, 1.82) is 0 Å². The van der Waals surface area contributed by atoms with E-state index in [0.29, 0.717) is 18.9 Å². The minimum absolute atomic E-state index is 0.0624. The van der Waals surface area contributed by atoms with E-state index in [1.54, 1.807) is 7.05 Å². The smallest absolute Gasteiger partial charge is 0.332 e.